The Morgan fingerprint density at radius 3 is 2.00 bits per heavy atom. The topological polar surface area (TPSA) is 69.7 Å². The van der Waals surface area contributed by atoms with E-state index in [0.29, 0.717) is 0 Å². The Morgan fingerprint density at radius 1 is 0.929 bits per heavy atom. The highest BCUT2D eigenvalue weighted by atomic mass is 16.5. The zero-order chi connectivity index (χ0) is 11.0. The second-order valence-electron chi connectivity index (χ2n) is 2.45. The summed E-state index contributed by atoms with van der Waals surface area (Å²) in [6.07, 6.45) is -0.233. The van der Waals surface area contributed by atoms with Crippen molar-refractivity contribution in [3.05, 3.63) is 0 Å². The van der Waals surface area contributed by atoms with Crippen LogP contribution in [0.1, 0.15) is 26.7 Å². The molecule has 0 aliphatic heterocycles. The Balaban J connectivity index is 3.73. The Bertz CT molecular complexity index is 221. The van der Waals surface area contributed by atoms with Crippen molar-refractivity contribution in [1.82, 2.24) is 0 Å². The second-order valence-corrected chi connectivity index (χ2v) is 2.45. The van der Waals surface area contributed by atoms with Gasteiger partial charge >= 0.3 is 11.9 Å². The molecule has 0 aromatic carbocycles. The lowest BCUT2D eigenvalue weighted by Gasteiger charge is -2.01. The highest BCUT2D eigenvalue weighted by Crippen LogP contribution is 1.96. The van der Waals surface area contributed by atoms with E-state index in [9.17, 15) is 14.4 Å². The van der Waals surface area contributed by atoms with Crippen molar-refractivity contribution in [3.63, 3.8) is 0 Å². The van der Waals surface area contributed by atoms with Gasteiger partial charge in [-0.05, 0) is 13.8 Å². The van der Waals surface area contributed by atoms with E-state index in [2.05, 4.69) is 9.47 Å². The van der Waals surface area contributed by atoms with Crippen molar-refractivity contribution < 1.29 is 23.9 Å². The molecule has 0 fully saturated rings. The van der Waals surface area contributed by atoms with E-state index >= 15 is 0 Å². The van der Waals surface area contributed by atoms with Crippen LogP contribution in [0, 0.1) is 0 Å². The number of ketones is 1. The van der Waals surface area contributed by atoms with E-state index in [1.54, 1.807) is 13.8 Å². The van der Waals surface area contributed by atoms with Gasteiger partial charge < -0.3 is 9.47 Å². The fourth-order valence-corrected chi connectivity index (χ4v) is 0.762. The van der Waals surface area contributed by atoms with Gasteiger partial charge in [0.2, 0.25) is 5.78 Å². The minimum absolute atomic E-state index is 0.0779. The van der Waals surface area contributed by atoms with E-state index in [-0.39, 0.29) is 26.1 Å². The van der Waals surface area contributed by atoms with Crippen molar-refractivity contribution in [2.24, 2.45) is 0 Å². The zero-order valence-corrected chi connectivity index (χ0v) is 8.37. The average Bonchev–Trinajstić information content (AvgIpc) is 2.15. The Kier molecular flexibility index (Phi) is 6.36. The van der Waals surface area contributed by atoms with Gasteiger partial charge in [0, 0.05) is 6.42 Å². The van der Waals surface area contributed by atoms with Crippen molar-refractivity contribution in [2.45, 2.75) is 26.7 Å². The molecule has 0 saturated heterocycles. The summed E-state index contributed by atoms with van der Waals surface area (Å²) < 4.78 is 9.04. The van der Waals surface area contributed by atoms with Crippen LogP contribution in [-0.2, 0) is 23.9 Å². The number of carbonyl (C=O) groups excluding carboxylic acids is 3. The van der Waals surface area contributed by atoms with Crippen molar-refractivity contribution in [2.75, 3.05) is 13.2 Å². The number of esters is 2. The fraction of sp³-hybridized carbons (Fsp3) is 0.667. The molecule has 80 valence electrons. The maximum absolute atomic E-state index is 11.0. The molecule has 0 aliphatic rings. The summed E-state index contributed by atoms with van der Waals surface area (Å²) in [5.74, 6) is -2.07. The zero-order valence-electron chi connectivity index (χ0n) is 8.37. The molecule has 0 spiro atoms. The van der Waals surface area contributed by atoms with Crippen LogP contribution in [0.5, 0.6) is 0 Å². The molecule has 0 bridgehead atoms. The van der Waals surface area contributed by atoms with E-state index in [1.807, 2.05) is 0 Å². The van der Waals surface area contributed by atoms with Gasteiger partial charge in [0.15, 0.2) is 0 Å². The van der Waals surface area contributed by atoms with Crippen LogP contribution in [0.25, 0.3) is 0 Å². The van der Waals surface area contributed by atoms with Crippen molar-refractivity contribution >= 4 is 17.7 Å². The first-order chi connectivity index (χ1) is 6.61. The molecule has 0 atom stereocenters. The lowest BCUT2D eigenvalue weighted by atomic mass is 10.2. The SMILES string of the molecule is CCOC(=O)CCC(=O)C(=O)OCC. The van der Waals surface area contributed by atoms with Gasteiger partial charge in [0.05, 0.1) is 19.6 Å². The van der Waals surface area contributed by atoms with Gasteiger partial charge in [0.1, 0.15) is 0 Å². The number of hydrogen-bond donors (Lipinski definition) is 0. The van der Waals surface area contributed by atoms with Gasteiger partial charge in [-0.1, -0.05) is 0 Å². The molecule has 0 rings (SSSR count). The molecule has 0 N–H and O–H groups in total. The number of hydrogen-bond acceptors (Lipinski definition) is 5. The van der Waals surface area contributed by atoms with Crippen LogP contribution >= 0.6 is 0 Å². The van der Waals surface area contributed by atoms with E-state index in [4.69, 9.17) is 0 Å². The Labute approximate surface area is 82.4 Å². The molecule has 0 heterocycles. The highest BCUT2D eigenvalue weighted by molar-refractivity contribution is 6.33. The molecular formula is C9H14O5. The van der Waals surface area contributed by atoms with Gasteiger partial charge in [-0.2, -0.15) is 0 Å². The molecule has 14 heavy (non-hydrogen) atoms. The molecule has 0 amide bonds. The number of carbonyl (C=O) groups is 3. The largest absolute Gasteiger partial charge is 0.466 e. The van der Waals surface area contributed by atoms with Crippen LogP contribution in [0.3, 0.4) is 0 Å². The molecule has 0 aliphatic carbocycles. The highest BCUT2D eigenvalue weighted by Gasteiger charge is 2.16. The van der Waals surface area contributed by atoms with Gasteiger partial charge in [-0.3, -0.25) is 9.59 Å². The van der Waals surface area contributed by atoms with Crippen LogP contribution in [0.15, 0.2) is 0 Å². The summed E-state index contributed by atoms with van der Waals surface area (Å²) in [6.45, 7) is 3.71. The lowest BCUT2D eigenvalue weighted by molar-refractivity contribution is -0.154. The number of Topliss-reactive ketones (excluding diaryl/α,β-unsaturated/α-hetero) is 1. The van der Waals surface area contributed by atoms with E-state index in [1.165, 1.54) is 0 Å². The summed E-state index contributed by atoms with van der Waals surface area (Å²) in [5, 5.41) is 0. The number of ether oxygens (including phenoxy) is 2. The van der Waals surface area contributed by atoms with Crippen LogP contribution in [-0.4, -0.2) is 30.9 Å². The molecule has 0 unspecified atom stereocenters. The normalized spacial score (nSPS) is 9.29. The lowest BCUT2D eigenvalue weighted by Crippen LogP contribution is -2.18. The first kappa shape index (κ1) is 12.6. The second kappa shape index (κ2) is 7.06. The third-order valence-corrected chi connectivity index (χ3v) is 1.36. The standard InChI is InChI=1S/C9H14O5/c1-3-13-8(11)6-5-7(10)9(12)14-4-2/h3-6H2,1-2H3. The average molecular weight is 202 g/mol. The molecule has 0 aromatic rings. The molecule has 0 saturated carbocycles. The van der Waals surface area contributed by atoms with Gasteiger partial charge in [-0.15, -0.1) is 0 Å². The fourth-order valence-electron chi connectivity index (χ4n) is 0.762. The molecule has 0 aromatic heterocycles. The monoisotopic (exact) mass is 202 g/mol. The quantitative estimate of drug-likeness (QED) is 0.462. The predicted octanol–water partition coefficient (Wildman–Crippen LogP) is 0.462. The summed E-state index contributed by atoms with van der Waals surface area (Å²) >= 11 is 0. The summed E-state index contributed by atoms with van der Waals surface area (Å²) in [4.78, 5) is 32.6. The Morgan fingerprint density at radius 2 is 1.50 bits per heavy atom. The maximum Gasteiger partial charge on any atom is 0.374 e. The van der Waals surface area contributed by atoms with Crippen LogP contribution in [0.2, 0.25) is 0 Å². The summed E-state index contributed by atoms with van der Waals surface area (Å²) in [5.41, 5.74) is 0. The van der Waals surface area contributed by atoms with Gasteiger partial charge in [0.25, 0.3) is 0 Å². The summed E-state index contributed by atoms with van der Waals surface area (Å²) in [7, 11) is 0. The third kappa shape index (κ3) is 5.29. The first-order valence-electron chi connectivity index (χ1n) is 4.47. The molecular weight excluding hydrogens is 188 g/mol. The minimum Gasteiger partial charge on any atom is -0.466 e. The molecule has 5 nitrogen and oxygen atoms in total. The molecule has 5 heteroatoms. The predicted molar refractivity (Wildman–Crippen MR) is 47.5 cm³/mol. The Hall–Kier alpha value is -1.39. The van der Waals surface area contributed by atoms with Crippen LogP contribution in [0.4, 0.5) is 0 Å². The van der Waals surface area contributed by atoms with Gasteiger partial charge in [-0.25, -0.2) is 4.79 Å². The number of rotatable bonds is 6. The third-order valence-electron chi connectivity index (χ3n) is 1.36. The van der Waals surface area contributed by atoms with E-state index < -0.39 is 17.7 Å². The van der Waals surface area contributed by atoms with E-state index in [0.717, 1.165) is 0 Å². The maximum atomic E-state index is 11.0. The first-order valence-corrected chi connectivity index (χ1v) is 4.47. The van der Waals surface area contributed by atoms with Crippen molar-refractivity contribution in [1.29, 1.82) is 0 Å². The van der Waals surface area contributed by atoms with Crippen molar-refractivity contribution in [3.8, 4) is 0 Å². The minimum atomic E-state index is -0.892. The molecule has 0 radical (unpaired) electrons. The van der Waals surface area contributed by atoms with Crippen LogP contribution < -0.4 is 0 Å². The smallest absolute Gasteiger partial charge is 0.374 e. The summed E-state index contributed by atoms with van der Waals surface area (Å²) in [6, 6.07) is 0.